The highest BCUT2D eigenvalue weighted by Crippen LogP contribution is 2.44. The van der Waals surface area contributed by atoms with Crippen molar-refractivity contribution in [1.82, 2.24) is 5.32 Å². The van der Waals surface area contributed by atoms with Gasteiger partial charge in [-0.05, 0) is 97.2 Å². The van der Waals surface area contributed by atoms with Gasteiger partial charge in [-0.2, -0.15) is 0 Å². The van der Waals surface area contributed by atoms with E-state index in [0.717, 1.165) is 34.6 Å². The number of ether oxygens (including phenoxy) is 2. The SMILES string of the molecule is CCOc1ccc(/C=C(/NC(=O)c2ccccc2)C(=O)Nc2cccc(SCC(=O)Nc3sc4c(c3C(=O)OC)CCC(C(C)(C)C)C4)c2)cc1. The molecule has 3 amide bonds. The predicted molar refractivity (Wildman–Crippen MR) is 205 cm³/mol. The van der Waals surface area contributed by atoms with Crippen LogP contribution in [0.1, 0.15) is 70.8 Å². The first-order chi connectivity index (χ1) is 24.4. The van der Waals surface area contributed by atoms with Crippen LogP contribution >= 0.6 is 23.1 Å². The third-order valence-electron chi connectivity index (χ3n) is 8.63. The second kappa shape index (κ2) is 16.9. The van der Waals surface area contributed by atoms with Crippen molar-refractivity contribution in [2.45, 2.75) is 51.9 Å². The maximum atomic E-state index is 13.6. The standard InChI is InChI=1S/C40H43N3O6S2/c1-6-49-29-18-15-25(16-19-29)21-32(42-36(45)26-11-8-7-9-12-26)37(46)41-28-13-10-14-30(23-28)50-24-34(44)43-38-35(39(47)48-5)31-20-17-27(40(2,3)4)22-33(31)51-38/h7-16,18-19,21,23,27H,6,17,20,22,24H2,1-5H3,(H,41,46)(H,42,45)(H,43,44)/b32-21+. The molecule has 0 aliphatic heterocycles. The molecule has 1 aliphatic rings. The molecule has 5 rings (SSSR count). The average molecular weight is 726 g/mol. The van der Waals surface area contributed by atoms with Gasteiger partial charge in [0.1, 0.15) is 16.4 Å². The third kappa shape index (κ3) is 9.89. The second-order valence-corrected chi connectivity index (χ2v) is 15.4. The Hall–Kier alpha value is -4.87. The summed E-state index contributed by atoms with van der Waals surface area (Å²) in [7, 11) is 1.36. The Balaban J connectivity index is 1.27. The Labute approximate surface area is 307 Å². The fraction of sp³-hybridized carbons (Fsp3) is 0.300. The van der Waals surface area contributed by atoms with Crippen LogP contribution in [-0.4, -0.2) is 43.2 Å². The van der Waals surface area contributed by atoms with E-state index in [1.165, 1.54) is 30.2 Å². The number of methoxy groups -OCH3 is 1. The number of hydrogen-bond acceptors (Lipinski definition) is 8. The van der Waals surface area contributed by atoms with Gasteiger partial charge in [0, 0.05) is 21.0 Å². The first-order valence-electron chi connectivity index (χ1n) is 16.8. The summed E-state index contributed by atoms with van der Waals surface area (Å²) in [6, 6.07) is 23.0. The lowest BCUT2D eigenvalue weighted by Gasteiger charge is -2.33. The highest BCUT2D eigenvalue weighted by molar-refractivity contribution is 8.00. The van der Waals surface area contributed by atoms with E-state index in [2.05, 4.69) is 36.7 Å². The molecule has 4 aromatic rings. The van der Waals surface area contributed by atoms with Gasteiger partial charge in [0.05, 0.1) is 25.0 Å². The minimum atomic E-state index is -0.515. The van der Waals surface area contributed by atoms with Gasteiger partial charge in [-0.3, -0.25) is 14.4 Å². The Morgan fingerprint density at radius 2 is 1.71 bits per heavy atom. The van der Waals surface area contributed by atoms with E-state index in [1.54, 1.807) is 72.8 Å². The van der Waals surface area contributed by atoms with Gasteiger partial charge in [-0.1, -0.05) is 57.2 Å². The van der Waals surface area contributed by atoms with E-state index in [-0.39, 0.29) is 22.8 Å². The van der Waals surface area contributed by atoms with Crippen molar-refractivity contribution in [2.75, 3.05) is 30.1 Å². The molecule has 1 atom stereocenters. The number of carbonyl (C=O) groups is 4. The molecule has 1 aliphatic carbocycles. The van der Waals surface area contributed by atoms with Gasteiger partial charge in [-0.25, -0.2) is 4.79 Å². The van der Waals surface area contributed by atoms with Crippen molar-refractivity contribution >= 4 is 63.6 Å². The Bertz CT molecular complexity index is 1910. The molecule has 0 fully saturated rings. The van der Waals surface area contributed by atoms with Crippen LogP contribution in [0, 0.1) is 11.3 Å². The number of amides is 3. The van der Waals surface area contributed by atoms with E-state index in [0.29, 0.717) is 45.7 Å². The molecular formula is C40H43N3O6S2. The minimum Gasteiger partial charge on any atom is -0.494 e. The molecule has 1 heterocycles. The number of hydrogen-bond donors (Lipinski definition) is 3. The summed E-state index contributed by atoms with van der Waals surface area (Å²) < 4.78 is 10.6. The first kappa shape index (κ1) is 37.4. The summed E-state index contributed by atoms with van der Waals surface area (Å²) in [5.74, 6) is -0.363. The molecule has 0 radical (unpaired) electrons. The van der Waals surface area contributed by atoms with Gasteiger partial charge < -0.3 is 25.4 Å². The molecule has 3 N–H and O–H groups in total. The van der Waals surface area contributed by atoms with Gasteiger partial charge in [0.25, 0.3) is 11.8 Å². The topological polar surface area (TPSA) is 123 Å². The lowest BCUT2D eigenvalue weighted by atomic mass is 9.72. The molecule has 266 valence electrons. The second-order valence-electron chi connectivity index (χ2n) is 13.2. The van der Waals surface area contributed by atoms with Crippen LogP contribution in [0.25, 0.3) is 6.08 Å². The Morgan fingerprint density at radius 1 is 0.961 bits per heavy atom. The highest BCUT2D eigenvalue weighted by atomic mass is 32.2. The zero-order valence-electron chi connectivity index (χ0n) is 29.5. The van der Waals surface area contributed by atoms with Crippen molar-refractivity contribution in [3.63, 3.8) is 0 Å². The van der Waals surface area contributed by atoms with Gasteiger partial charge >= 0.3 is 5.97 Å². The third-order valence-corrected chi connectivity index (χ3v) is 10.8. The van der Waals surface area contributed by atoms with E-state index >= 15 is 0 Å². The molecule has 0 bridgehead atoms. The quantitative estimate of drug-likeness (QED) is 0.0764. The minimum absolute atomic E-state index is 0.0549. The molecule has 0 saturated heterocycles. The molecule has 1 aromatic heterocycles. The fourth-order valence-electron chi connectivity index (χ4n) is 5.84. The number of fused-ring (bicyclic) bond motifs is 1. The van der Waals surface area contributed by atoms with Gasteiger partial charge in [0.2, 0.25) is 5.91 Å². The summed E-state index contributed by atoms with van der Waals surface area (Å²) in [6.45, 7) is 9.14. The smallest absolute Gasteiger partial charge is 0.341 e. The largest absolute Gasteiger partial charge is 0.494 e. The van der Waals surface area contributed by atoms with Crippen LogP contribution in [0.3, 0.4) is 0 Å². The molecule has 51 heavy (non-hydrogen) atoms. The van der Waals surface area contributed by atoms with Crippen LogP contribution in [0.4, 0.5) is 10.7 Å². The van der Waals surface area contributed by atoms with E-state index in [1.807, 2.05) is 19.1 Å². The monoisotopic (exact) mass is 725 g/mol. The number of esters is 1. The number of anilines is 2. The zero-order valence-corrected chi connectivity index (χ0v) is 31.1. The van der Waals surface area contributed by atoms with Crippen LogP contribution in [0.5, 0.6) is 5.75 Å². The van der Waals surface area contributed by atoms with Crippen LogP contribution in [0.2, 0.25) is 0 Å². The molecular weight excluding hydrogens is 683 g/mol. The molecule has 11 heteroatoms. The van der Waals surface area contributed by atoms with Crippen molar-refractivity contribution in [3.8, 4) is 5.75 Å². The number of carbonyl (C=O) groups excluding carboxylic acids is 4. The molecule has 0 saturated carbocycles. The maximum absolute atomic E-state index is 13.6. The Kier molecular flexibility index (Phi) is 12.4. The molecule has 3 aromatic carbocycles. The summed E-state index contributed by atoms with van der Waals surface area (Å²) >= 11 is 2.76. The molecule has 0 spiro atoms. The average Bonchev–Trinajstić information content (AvgIpc) is 3.48. The number of rotatable bonds is 12. The lowest BCUT2D eigenvalue weighted by Crippen LogP contribution is -2.30. The van der Waals surface area contributed by atoms with E-state index in [9.17, 15) is 19.2 Å². The van der Waals surface area contributed by atoms with Gasteiger partial charge in [-0.15, -0.1) is 23.1 Å². The van der Waals surface area contributed by atoms with Crippen molar-refractivity contribution in [1.29, 1.82) is 0 Å². The molecule has 1 unspecified atom stereocenters. The van der Waals surface area contributed by atoms with E-state index < -0.39 is 17.8 Å². The number of nitrogens with one attached hydrogen (secondary N) is 3. The number of thiophene rings is 1. The van der Waals surface area contributed by atoms with Crippen LogP contribution < -0.4 is 20.7 Å². The molecule has 9 nitrogen and oxygen atoms in total. The van der Waals surface area contributed by atoms with E-state index in [4.69, 9.17) is 9.47 Å². The van der Waals surface area contributed by atoms with Crippen molar-refractivity contribution in [2.24, 2.45) is 11.3 Å². The number of thioether (sulfide) groups is 1. The normalized spacial score (nSPS) is 14.2. The van der Waals surface area contributed by atoms with Crippen molar-refractivity contribution in [3.05, 3.63) is 112 Å². The first-order valence-corrected chi connectivity index (χ1v) is 18.6. The van der Waals surface area contributed by atoms with Gasteiger partial charge in [0.15, 0.2) is 0 Å². The fourth-order valence-corrected chi connectivity index (χ4v) is 7.93. The summed E-state index contributed by atoms with van der Waals surface area (Å²) in [4.78, 5) is 54.5. The zero-order chi connectivity index (χ0) is 36.5. The summed E-state index contributed by atoms with van der Waals surface area (Å²) in [5, 5.41) is 9.12. The number of benzene rings is 3. The summed E-state index contributed by atoms with van der Waals surface area (Å²) in [5.41, 5.74) is 3.24. The lowest BCUT2D eigenvalue weighted by molar-refractivity contribution is -0.114. The maximum Gasteiger partial charge on any atom is 0.341 e. The predicted octanol–water partition coefficient (Wildman–Crippen LogP) is 8.22. The Morgan fingerprint density at radius 3 is 2.39 bits per heavy atom. The summed E-state index contributed by atoms with van der Waals surface area (Å²) in [6.07, 6.45) is 4.22. The van der Waals surface area contributed by atoms with Crippen LogP contribution in [-0.2, 0) is 27.2 Å². The van der Waals surface area contributed by atoms with Crippen molar-refractivity contribution < 1.29 is 28.7 Å². The van der Waals surface area contributed by atoms with Crippen LogP contribution in [0.15, 0.2) is 89.5 Å². The highest BCUT2D eigenvalue weighted by Gasteiger charge is 2.34.